The number of H-pyrrole nitrogens is 1. The van der Waals surface area contributed by atoms with Crippen molar-refractivity contribution in [2.75, 3.05) is 0 Å². The predicted molar refractivity (Wildman–Crippen MR) is 62.9 cm³/mol. The molecule has 1 amide bonds. The molecule has 92 valence electrons. The molecule has 0 unspecified atom stereocenters. The summed E-state index contributed by atoms with van der Waals surface area (Å²) >= 11 is 0. The summed E-state index contributed by atoms with van der Waals surface area (Å²) in [5.41, 5.74) is 5.21. The van der Waals surface area contributed by atoms with Gasteiger partial charge in [-0.1, -0.05) is 0 Å². The van der Waals surface area contributed by atoms with Crippen LogP contribution in [0.1, 0.15) is 27.5 Å². The largest absolute Gasteiger partial charge is 0.461 e. The first-order valence-corrected chi connectivity index (χ1v) is 5.11. The van der Waals surface area contributed by atoms with Crippen LogP contribution in [-0.4, -0.2) is 27.9 Å². The van der Waals surface area contributed by atoms with Crippen molar-refractivity contribution >= 4 is 23.7 Å². The maximum Gasteiger partial charge on any atom is 0.269 e. The third-order valence-corrected chi connectivity index (χ3v) is 2.15. The summed E-state index contributed by atoms with van der Waals surface area (Å²) in [5.74, 6) is -0.440. The van der Waals surface area contributed by atoms with Gasteiger partial charge in [0.15, 0.2) is 17.3 Å². The minimum atomic E-state index is -0.656. The van der Waals surface area contributed by atoms with Gasteiger partial charge in [-0.15, -0.1) is 0 Å². The van der Waals surface area contributed by atoms with E-state index in [1.165, 1.54) is 18.8 Å². The number of rotatable bonds is 5. The van der Waals surface area contributed by atoms with Crippen LogP contribution in [0.15, 0.2) is 34.1 Å². The van der Waals surface area contributed by atoms with Crippen molar-refractivity contribution in [3.63, 3.8) is 0 Å². The number of nitrogens with one attached hydrogen (secondary N) is 1. The van der Waals surface area contributed by atoms with E-state index in [1.54, 1.807) is 12.1 Å². The highest BCUT2D eigenvalue weighted by molar-refractivity contribution is 6.02. The molecule has 2 rings (SSSR count). The number of nitrogens with zero attached hydrogens (tertiary/aromatic N) is 2. The molecule has 7 heteroatoms. The number of hydrogen-bond donors (Lipinski definition) is 2. The highest BCUT2D eigenvalue weighted by atomic mass is 16.3. The topological polar surface area (TPSA) is 114 Å². The predicted octanol–water partition coefficient (Wildman–Crippen LogP) is 1.08. The lowest BCUT2D eigenvalue weighted by atomic mass is 10.2. The first kappa shape index (κ1) is 11.8. The van der Waals surface area contributed by atoms with Gasteiger partial charge in [0.1, 0.15) is 0 Å². The van der Waals surface area contributed by atoms with Gasteiger partial charge in [-0.2, -0.15) is 0 Å². The number of imidazole rings is 1. The molecule has 0 saturated heterocycles. The lowest BCUT2D eigenvalue weighted by Gasteiger charge is -1.92. The van der Waals surface area contributed by atoms with E-state index in [9.17, 15) is 9.59 Å². The molecule has 3 N–H and O–H groups in total. The Hall–Kier alpha value is -2.70. The Bertz CT molecular complexity index is 583. The van der Waals surface area contributed by atoms with Crippen LogP contribution >= 0.6 is 0 Å². The first-order chi connectivity index (χ1) is 8.68. The van der Waals surface area contributed by atoms with Crippen molar-refractivity contribution in [2.24, 2.45) is 10.7 Å². The molecule has 0 aliphatic rings. The highest BCUT2D eigenvalue weighted by Crippen LogP contribution is 2.12. The molecular weight excluding hydrogens is 236 g/mol. The molecule has 0 saturated carbocycles. The summed E-state index contributed by atoms with van der Waals surface area (Å²) < 4.78 is 4.94. The maximum atomic E-state index is 11.5. The quantitative estimate of drug-likeness (QED) is 0.606. The average molecular weight is 246 g/mol. The molecule has 2 aromatic heterocycles. The number of aromatic amines is 1. The number of nitrogens with two attached hydrogens (primary N) is 1. The number of hydrogen-bond acceptors (Lipinski definition) is 5. The molecule has 0 aromatic carbocycles. The zero-order valence-electron chi connectivity index (χ0n) is 9.29. The normalized spacial score (nSPS) is 10.9. The van der Waals surface area contributed by atoms with Crippen molar-refractivity contribution in [2.45, 2.75) is 6.42 Å². The summed E-state index contributed by atoms with van der Waals surface area (Å²) in [4.78, 5) is 32.8. The zero-order valence-corrected chi connectivity index (χ0v) is 9.29. The number of Topliss-reactive ketones (excluding diaryl/α,β-unsaturated/α-hetero) is 1. The van der Waals surface area contributed by atoms with Gasteiger partial charge in [0.25, 0.3) is 5.91 Å². The van der Waals surface area contributed by atoms with Crippen LogP contribution in [0.5, 0.6) is 0 Å². The number of carbonyl (C=O) groups is 2. The molecule has 0 radical (unpaired) electrons. The average Bonchev–Trinajstić information content (AvgIpc) is 2.99. The first-order valence-electron chi connectivity index (χ1n) is 5.11. The Kier molecular flexibility index (Phi) is 3.33. The number of aliphatic imine (C=N–C) groups is 1. The van der Waals surface area contributed by atoms with Gasteiger partial charge in [0.05, 0.1) is 12.6 Å². The molecule has 0 aliphatic carbocycles. The molecule has 18 heavy (non-hydrogen) atoms. The van der Waals surface area contributed by atoms with E-state index in [0.717, 1.165) is 0 Å². The molecule has 2 aromatic rings. The number of primary amides is 1. The minimum absolute atomic E-state index is 0.0541. The molecule has 0 aliphatic heterocycles. The van der Waals surface area contributed by atoms with Crippen LogP contribution in [-0.2, 0) is 0 Å². The van der Waals surface area contributed by atoms with Crippen LogP contribution in [0.25, 0.3) is 0 Å². The van der Waals surface area contributed by atoms with Crippen molar-refractivity contribution in [1.29, 1.82) is 0 Å². The van der Waals surface area contributed by atoms with Crippen LogP contribution in [0, 0.1) is 0 Å². The number of furan rings is 1. The number of aromatic nitrogens is 2. The number of ketones is 1. The van der Waals surface area contributed by atoms with Gasteiger partial charge in [-0.05, 0) is 12.1 Å². The van der Waals surface area contributed by atoms with E-state index < -0.39 is 5.91 Å². The Morgan fingerprint density at radius 2 is 2.39 bits per heavy atom. The standard InChI is InChI=1S/C11H10N4O3/c12-10(17)9-11(15-6-14-9)13-4-3-7(16)8-2-1-5-18-8/h1-2,4-6H,3H2,(H2,12,17)(H,14,15). The van der Waals surface area contributed by atoms with E-state index in [4.69, 9.17) is 10.2 Å². The monoisotopic (exact) mass is 246 g/mol. The van der Waals surface area contributed by atoms with Gasteiger partial charge in [0, 0.05) is 12.6 Å². The zero-order chi connectivity index (χ0) is 13.0. The van der Waals surface area contributed by atoms with Crippen molar-refractivity contribution in [1.82, 2.24) is 9.97 Å². The second-order valence-corrected chi connectivity index (χ2v) is 3.38. The fourth-order valence-electron chi connectivity index (χ4n) is 1.32. The second kappa shape index (κ2) is 5.09. The molecule has 2 heterocycles. The smallest absolute Gasteiger partial charge is 0.269 e. The molecule has 0 atom stereocenters. The number of amides is 1. The third kappa shape index (κ3) is 2.51. The summed E-state index contributed by atoms with van der Waals surface area (Å²) in [6.07, 6.45) is 4.14. The summed E-state index contributed by atoms with van der Waals surface area (Å²) in [6.45, 7) is 0. The summed E-state index contributed by atoms with van der Waals surface area (Å²) in [7, 11) is 0. The van der Waals surface area contributed by atoms with Crippen LogP contribution < -0.4 is 5.73 Å². The Labute approximate surface area is 102 Å². The van der Waals surface area contributed by atoms with E-state index >= 15 is 0 Å². The fourth-order valence-corrected chi connectivity index (χ4v) is 1.32. The van der Waals surface area contributed by atoms with E-state index in [-0.39, 0.29) is 29.5 Å². The van der Waals surface area contributed by atoms with Crippen LogP contribution in [0.4, 0.5) is 5.82 Å². The minimum Gasteiger partial charge on any atom is -0.461 e. The van der Waals surface area contributed by atoms with Gasteiger partial charge >= 0.3 is 0 Å². The Morgan fingerprint density at radius 1 is 1.56 bits per heavy atom. The summed E-state index contributed by atoms with van der Waals surface area (Å²) in [6, 6.07) is 3.20. The van der Waals surface area contributed by atoms with Gasteiger partial charge in [-0.25, -0.2) is 9.98 Å². The summed E-state index contributed by atoms with van der Waals surface area (Å²) in [5, 5.41) is 0. The lowest BCUT2D eigenvalue weighted by molar-refractivity contribution is 0.0973. The lowest BCUT2D eigenvalue weighted by Crippen LogP contribution is -2.11. The Morgan fingerprint density at radius 3 is 3.06 bits per heavy atom. The van der Waals surface area contributed by atoms with Crippen molar-refractivity contribution in [3.05, 3.63) is 36.2 Å². The van der Waals surface area contributed by atoms with E-state index in [1.807, 2.05) is 0 Å². The third-order valence-electron chi connectivity index (χ3n) is 2.15. The molecule has 0 spiro atoms. The van der Waals surface area contributed by atoms with Crippen molar-refractivity contribution in [3.8, 4) is 0 Å². The van der Waals surface area contributed by atoms with E-state index in [0.29, 0.717) is 0 Å². The highest BCUT2D eigenvalue weighted by Gasteiger charge is 2.10. The molecule has 0 fully saturated rings. The van der Waals surface area contributed by atoms with Crippen molar-refractivity contribution < 1.29 is 14.0 Å². The van der Waals surface area contributed by atoms with Crippen LogP contribution in [0.2, 0.25) is 0 Å². The second-order valence-electron chi connectivity index (χ2n) is 3.38. The Balaban J connectivity index is 2.02. The van der Waals surface area contributed by atoms with E-state index in [2.05, 4.69) is 15.0 Å². The van der Waals surface area contributed by atoms with Crippen LogP contribution in [0.3, 0.4) is 0 Å². The molecule has 7 nitrogen and oxygen atoms in total. The van der Waals surface area contributed by atoms with Gasteiger partial charge in [-0.3, -0.25) is 9.59 Å². The maximum absolute atomic E-state index is 11.5. The van der Waals surface area contributed by atoms with Gasteiger partial charge < -0.3 is 15.1 Å². The SMILES string of the molecule is NC(=O)c1[nH]cnc1N=CCC(=O)c1ccco1. The fraction of sp³-hybridized carbons (Fsp3) is 0.0909. The van der Waals surface area contributed by atoms with Gasteiger partial charge in [0.2, 0.25) is 5.78 Å². The number of carbonyl (C=O) groups excluding carboxylic acids is 2. The molecular formula is C11H10N4O3. The molecule has 0 bridgehead atoms.